The maximum atomic E-state index is 9.60. The van der Waals surface area contributed by atoms with Crippen LogP contribution in [0.1, 0.15) is 271 Å². The van der Waals surface area contributed by atoms with Gasteiger partial charge in [-0.3, -0.25) is 0 Å². The minimum absolute atomic E-state index is 0.403. The zero-order valence-corrected chi connectivity index (χ0v) is 37.2. The first-order chi connectivity index (χ1) is 23.3. The molecule has 0 saturated carbocycles. The van der Waals surface area contributed by atoms with Crippen LogP contribution in [0.25, 0.3) is 0 Å². The number of aliphatic hydroxyl groups excluding tert-OH is 1. The molecular formula is C45H104O3. The minimum Gasteiger partial charge on any atom is -0.379 e. The Morgan fingerprint density at radius 1 is 0.354 bits per heavy atom. The summed E-state index contributed by atoms with van der Waals surface area (Å²) in [5.74, 6) is 0. The molecule has 0 heterocycles. The van der Waals surface area contributed by atoms with Crippen molar-refractivity contribution in [2.75, 3.05) is 13.2 Å². The normalized spacial score (nSPS) is 10.2. The van der Waals surface area contributed by atoms with E-state index < -0.39 is 6.29 Å². The van der Waals surface area contributed by atoms with E-state index in [-0.39, 0.29) is 0 Å². The second-order valence-electron chi connectivity index (χ2n) is 12.8. The molecule has 0 spiro atoms. The van der Waals surface area contributed by atoms with Gasteiger partial charge in [0.2, 0.25) is 0 Å². The van der Waals surface area contributed by atoms with Crippen LogP contribution in [0.3, 0.4) is 0 Å². The van der Waals surface area contributed by atoms with Gasteiger partial charge in [0.05, 0.1) is 6.10 Å². The van der Waals surface area contributed by atoms with Gasteiger partial charge in [-0.05, 0) is 39.5 Å². The Labute approximate surface area is 310 Å². The minimum atomic E-state index is -0.526. The highest BCUT2D eigenvalue weighted by atomic mass is 16.6. The summed E-state index contributed by atoms with van der Waals surface area (Å²) in [4.78, 5) is 0. The van der Waals surface area contributed by atoms with Gasteiger partial charge in [0.25, 0.3) is 0 Å². The fourth-order valence-electron chi connectivity index (χ4n) is 4.16. The third kappa shape index (κ3) is 104. The van der Waals surface area contributed by atoms with Crippen LogP contribution in [-0.4, -0.2) is 30.7 Å². The molecule has 0 radical (unpaired) electrons. The van der Waals surface area contributed by atoms with Gasteiger partial charge in [0.1, 0.15) is 0 Å². The molecule has 3 nitrogen and oxygen atoms in total. The summed E-state index contributed by atoms with van der Waals surface area (Å²) in [6, 6.07) is 0. The van der Waals surface area contributed by atoms with E-state index in [2.05, 4.69) is 76.2 Å². The molecular weight excluding hydrogens is 588 g/mol. The molecule has 0 aromatic carbocycles. The highest BCUT2D eigenvalue weighted by molar-refractivity contribution is 4.49. The monoisotopic (exact) mass is 693 g/mol. The standard InChI is InChI=1S/C16H34O2.C11H24O.C6H14.C5H12.C3H8.2C2H6/c1-3-5-7-8-9-10-11-12-14-16(17)18-15-13-6-4-2;1-4-5-6-7-8-9-10-12-11(2)3;1-3-5-6-4-2;1-3-5-4-2;1-3-2;2*1-2/h16-17H,3-15H2,1-2H3;11H,4-10H2,1-3H3;3-6H2,1-2H3;3-5H2,1-2H3;3H2,1-2H3;2*1-2H3. The Hall–Kier alpha value is -0.120. The molecule has 0 fully saturated rings. The van der Waals surface area contributed by atoms with Crippen LogP contribution < -0.4 is 0 Å². The lowest BCUT2D eigenvalue weighted by molar-refractivity contribution is -0.105. The van der Waals surface area contributed by atoms with Gasteiger partial charge >= 0.3 is 0 Å². The Balaban J connectivity index is -0.0000000961. The number of hydrogen-bond acceptors (Lipinski definition) is 3. The van der Waals surface area contributed by atoms with Crippen LogP contribution in [0.2, 0.25) is 0 Å². The van der Waals surface area contributed by atoms with E-state index in [1.807, 2.05) is 27.7 Å². The van der Waals surface area contributed by atoms with E-state index in [1.165, 1.54) is 148 Å². The lowest BCUT2D eigenvalue weighted by Crippen LogP contribution is -2.12. The van der Waals surface area contributed by atoms with Gasteiger partial charge in [0, 0.05) is 13.2 Å². The zero-order chi connectivity index (χ0) is 38.4. The van der Waals surface area contributed by atoms with Gasteiger partial charge < -0.3 is 14.6 Å². The summed E-state index contributed by atoms with van der Waals surface area (Å²) in [5, 5.41) is 9.60. The van der Waals surface area contributed by atoms with Crippen LogP contribution >= 0.6 is 0 Å². The molecule has 3 heteroatoms. The van der Waals surface area contributed by atoms with E-state index in [0.717, 1.165) is 25.9 Å². The van der Waals surface area contributed by atoms with Crippen LogP contribution in [0.4, 0.5) is 0 Å². The average Bonchev–Trinajstić information content (AvgIpc) is 3.10. The molecule has 0 saturated heterocycles. The second-order valence-corrected chi connectivity index (χ2v) is 12.8. The third-order valence-corrected chi connectivity index (χ3v) is 6.98. The predicted octanol–water partition coefficient (Wildman–Crippen LogP) is 17.1. The van der Waals surface area contributed by atoms with E-state index >= 15 is 0 Å². The van der Waals surface area contributed by atoms with Crippen molar-refractivity contribution in [1.82, 2.24) is 0 Å². The van der Waals surface area contributed by atoms with E-state index in [4.69, 9.17) is 9.47 Å². The zero-order valence-electron chi connectivity index (χ0n) is 37.2. The number of unbranched alkanes of at least 4 members (excludes halogenated alkanes) is 19. The molecule has 0 aliphatic heterocycles. The highest BCUT2D eigenvalue weighted by Crippen LogP contribution is 2.11. The van der Waals surface area contributed by atoms with E-state index in [1.54, 1.807) is 0 Å². The first-order valence-corrected chi connectivity index (χ1v) is 22.2. The number of hydrogen-bond donors (Lipinski definition) is 1. The molecule has 0 bridgehead atoms. The topological polar surface area (TPSA) is 38.7 Å². The number of rotatable bonds is 27. The van der Waals surface area contributed by atoms with Crippen LogP contribution in [0.5, 0.6) is 0 Å². The van der Waals surface area contributed by atoms with Crippen LogP contribution in [0.15, 0.2) is 0 Å². The van der Waals surface area contributed by atoms with E-state index in [0.29, 0.717) is 12.7 Å². The summed E-state index contributed by atoms with van der Waals surface area (Å²) in [7, 11) is 0. The second kappa shape index (κ2) is 76.7. The summed E-state index contributed by atoms with van der Waals surface area (Å²) in [6.07, 6.45) is 33.6. The summed E-state index contributed by atoms with van der Waals surface area (Å²) in [6.45, 7) is 33.7. The largest absolute Gasteiger partial charge is 0.379 e. The molecule has 0 aromatic heterocycles. The maximum absolute atomic E-state index is 9.60. The van der Waals surface area contributed by atoms with Crippen LogP contribution in [0, 0.1) is 0 Å². The molecule has 1 N–H and O–H groups in total. The van der Waals surface area contributed by atoms with Crippen molar-refractivity contribution in [1.29, 1.82) is 0 Å². The van der Waals surface area contributed by atoms with Crippen molar-refractivity contribution in [2.45, 2.75) is 283 Å². The fraction of sp³-hybridized carbons (Fsp3) is 1.00. The van der Waals surface area contributed by atoms with E-state index in [9.17, 15) is 5.11 Å². The van der Waals surface area contributed by atoms with Gasteiger partial charge in [-0.15, -0.1) is 0 Å². The van der Waals surface area contributed by atoms with Crippen molar-refractivity contribution in [3.8, 4) is 0 Å². The summed E-state index contributed by atoms with van der Waals surface area (Å²) in [5.41, 5.74) is 0. The SMILES string of the molecule is CC.CC.CCC.CCCCC.CCCCCC.CCCCCCCCCCC(O)OCCCCC.CCCCCCCCOC(C)C. The first kappa shape index (κ1) is 63.0. The third-order valence-electron chi connectivity index (χ3n) is 6.98. The van der Waals surface area contributed by atoms with Gasteiger partial charge in [-0.2, -0.15) is 0 Å². The van der Waals surface area contributed by atoms with Crippen LogP contribution in [-0.2, 0) is 9.47 Å². The molecule has 0 aromatic rings. The smallest absolute Gasteiger partial charge is 0.154 e. The number of aliphatic hydroxyl groups is 1. The Kier molecular flexibility index (Phi) is 101. The summed E-state index contributed by atoms with van der Waals surface area (Å²) >= 11 is 0. The predicted molar refractivity (Wildman–Crippen MR) is 227 cm³/mol. The molecule has 0 rings (SSSR count). The lowest BCUT2D eigenvalue weighted by atomic mass is 10.1. The maximum Gasteiger partial charge on any atom is 0.154 e. The quantitative estimate of drug-likeness (QED) is 0.0688. The van der Waals surface area contributed by atoms with Crippen molar-refractivity contribution < 1.29 is 14.6 Å². The highest BCUT2D eigenvalue weighted by Gasteiger charge is 2.03. The Morgan fingerprint density at radius 2 is 0.604 bits per heavy atom. The molecule has 0 aliphatic carbocycles. The molecule has 0 amide bonds. The molecule has 0 aliphatic rings. The fourth-order valence-corrected chi connectivity index (χ4v) is 4.16. The van der Waals surface area contributed by atoms with Crippen molar-refractivity contribution in [3.05, 3.63) is 0 Å². The molecule has 48 heavy (non-hydrogen) atoms. The average molecular weight is 693 g/mol. The lowest BCUT2D eigenvalue weighted by Gasteiger charge is -2.11. The molecule has 1 atom stereocenters. The van der Waals surface area contributed by atoms with Gasteiger partial charge in [0.15, 0.2) is 6.29 Å². The molecule has 302 valence electrons. The number of ether oxygens (including phenoxy) is 2. The van der Waals surface area contributed by atoms with Crippen molar-refractivity contribution >= 4 is 0 Å². The Morgan fingerprint density at radius 3 is 0.938 bits per heavy atom. The summed E-state index contributed by atoms with van der Waals surface area (Å²) < 4.78 is 10.8. The Bertz CT molecular complexity index is 380. The van der Waals surface area contributed by atoms with Crippen molar-refractivity contribution in [2.24, 2.45) is 0 Å². The molecule has 1 unspecified atom stereocenters. The van der Waals surface area contributed by atoms with Gasteiger partial charge in [-0.25, -0.2) is 0 Å². The van der Waals surface area contributed by atoms with Crippen molar-refractivity contribution in [3.63, 3.8) is 0 Å². The first-order valence-electron chi connectivity index (χ1n) is 22.2. The van der Waals surface area contributed by atoms with Gasteiger partial charge in [-0.1, -0.05) is 231 Å².